The highest BCUT2D eigenvalue weighted by Gasteiger charge is 2.50. The first-order chi connectivity index (χ1) is 14.0. The number of anilines is 1. The van der Waals surface area contributed by atoms with Gasteiger partial charge in [-0.2, -0.15) is 0 Å². The summed E-state index contributed by atoms with van der Waals surface area (Å²) >= 11 is 6.42. The van der Waals surface area contributed by atoms with Crippen molar-refractivity contribution in [2.75, 3.05) is 18.6 Å². The number of thioether (sulfide) groups is 1. The molecular formula is C18H28FN5O3S2Si. The lowest BCUT2D eigenvalue weighted by molar-refractivity contribution is -0.0415. The van der Waals surface area contributed by atoms with Crippen LogP contribution in [0.25, 0.3) is 11.2 Å². The van der Waals surface area contributed by atoms with Gasteiger partial charge in [0, 0.05) is 0 Å². The lowest BCUT2D eigenvalue weighted by Crippen LogP contribution is -2.45. The summed E-state index contributed by atoms with van der Waals surface area (Å²) in [5.74, 6) is 0.223. The van der Waals surface area contributed by atoms with Gasteiger partial charge in [0.1, 0.15) is 17.9 Å². The molecule has 3 heterocycles. The number of hydrogen-bond acceptors (Lipinski definition) is 9. The molecule has 0 aliphatic carbocycles. The van der Waals surface area contributed by atoms with Gasteiger partial charge in [0.25, 0.3) is 0 Å². The van der Waals surface area contributed by atoms with Crippen LogP contribution in [0.5, 0.6) is 0 Å². The molecule has 3 rings (SSSR count). The highest BCUT2D eigenvalue weighted by molar-refractivity contribution is 8.22. The predicted molar refractivity (Wildman–Crippen MR) is 123 cm³/mol. The van der Waals surface area contributed by atoms with E-state index in [-0.39, 0.29) is 21.8 Å². The monoisotopic (exact) mass is 473 g/mol. The van der Waals surface area contributed by atoms with E-state index in [9.17, 15) is 0 Å². The highest BCUT2D eigenvalue weighted by atomic mass is 32.2. The van der Waals surface area contributed by atoms with Gasteiger partial charge in [0.15, 0.2) is 38.3 Å². The van der Waals surface area contributed by atoms with Gasteiger partial charge in [-0.05, 0) is 36.6 Å². The molecule has 1 saturated heterocycles. The van der Waals surface area contributed by atoms with Crippen molar-refractivity contribution >= 4 is 53.7 Å². The van der Waals surface area contributed by atoms with Crippen LogP contribution >= 0.6 is 24.0 Å². The van der Waals surface area contributed by atoms with E-state index in [1.807, 2.05) is 0 Å². The Kier molecular flexibility index (Phi) is 6.73. The Morgan fingerprint density at radius 2 is 2.07 bits per heavy atom. The van der Waals surface area contributed by atoms with E-state index in [2.05, 4.69) is 48.8 Å². The maximum atomic E-state index is 15.6. The molecule has 166 valence electrons. The number of fused-ring (bicyclic) bond motifs is 1. The minimum absolute atomic E-state index is 0.0139. The van der Waals surface area contributed by atoms with Gasteiger partial charge in [0.05, 0.1) is 12.9 Å². The summed E-state index contributed by atoms with van der Waals surface area (Å²) in [4.78, 5) is 12.3. The summed E-state index contributed by atoms with van der Waals surface area (Å²) in [6.45, 7) is 10.9. The Balaban J connectivity index is 1.88. The van der Waals surface area contributed by atoms with Gasteiger partial charge < -0.3 is 19.6 Å². The van der Waals surface area contributed by atoms with Crippen molar-refractivity contribution in [1.82, 2.24) is 19.5 Å². The van der Waals surface area contributed by atoms with E-state index in [4.69, 9.17) is 31.9 Å². The Hall–Kier alpha value is -1.34. The molecule has 0 spiro atoms. The molecule has 0 saturated carbocycles. The van der Waals surface area contributed by atoms with Gasteiger partial charge in [-0.3, -0.25) is 4.57 Å². The third-order valence-electron chi connectivity index (χ3n) is 5.74. The largest absolute Gasteiger partial charge is 0.469 e. The number of ether oxygens (including phenoxy) is 2. The standard InChI is InChI=1S/C18H28FN5O3S2Si/c1-18(2,3)30(5,6)25-7-10-13(27-17(28)29-4)11(19)16(26-10)24-9-23-12-14(20)21-8-22-15(12)24/h8-11,13,16H,7H2,1-6H3,(H2,20,21,22)/t10-,11+,13-,16-/m1/s1. The average Bonchev–Trinajstić information content (AvgIpc) is 3.22. The number of rotatable bonds is 5. The molecule has 1 aliphatic rings. The van der Waals surface area contributed by atoms with E-state index < -0.39 is 32.9 Å². The molecule has 0 aromatic carbocycles. The van der Waals surface area contributed by atoms with Crippen LogP contribution in [0.4, 0.5) is 10.2 Å². The minimum Gasteiger partial charge on any atom is -0.469 e. The molecule has 30 heavy (non-hydrogen) atoms. The van der Waals surface area contributed by atoms with Crippen molar-refractivity contribution < 1.29 is 18.3 Å². The second-order valence-electron chi connectivity index (χ2n) is 8.70. The third kappa shape index (κ3) is 4.47. The van der Waals surface area contributed by atoms with Crippen LogP contribution < -0.4 is 5.73 Å². The first-order valence-corrected chi connectivity index (χ1v) is 14.1. The fourth-order valence-corrected chi connectivity index (χ4v) is 4.25. The smallest absolute Gasteiger partial charge is 0.220 e. The number of nitrogens with two attached hydrogens (primary N) is 1. The molecular weight excluding hydrogens is 445 g/mol. The summed E-state index contributed by atoms with van der Waals surface area (Å²) in [7, 11) is -2.06. The Morgan fingerprint density at radius 1 is 1.37 bits per heavy atom. The molecule has 12 heteroatoms. The number of nitrogen functional groups attached to an aromatic ring is 1. The van der Waals surface area contributed by atoms with Crippen LogP contribution in [-0.2, 0) is 13.9 Å². The van der Waals surface area contributed by atoms with E-state index in [0.29, 0.717) is 11.2 Å². The highest BCUT2D eigenvalue weighted by Crippen LogP contribution is 2.40. The van der Waals surface area contributed by atoms with E-state index >= 15 is 4.39 Å². The number of alkyl halides is 1. The van der Waals surface area contributed by atoms with E-state index in [0.717, 1.165) is 0 Å². The Labute approximate surface area is 186 Å². The molecule has 1 aliphatic heterocycles. The SMILES string of the molecule is CSC(=S)O[C@H]1[C@H](F)[C@H](n2cnc3c(N)ncnc32)O[C@@H]1CO[Si](C)(C)C(C)(C)C. The average molecular weight is 474 g/mol. The Morgan fingerprint density at radius 3 is 2.70 bits per heavy atom. The molecule has 1 fully saturated rings. The van der Waals surface area contributed by atoms with Crippen molar-refractivity contribution in [3.63, 3.8) is 0 Å². The number of halogens is 1. The zero-order valence-corrected chi connectivity index (χ0v) is 20.6. The summed E-state index contributed by atoms with van der Waals surface area (Å²) in [6, 6.07) is 0. The Bertz CT molecular complexity index is 923. The number of hydrogen-bond donors (Lipinski definition) is 1. The summed E-state index contributed by atoms with van der Waals surface area (Å²) in [5.41, 5.74) is 6.65. The predicted octanol–water partition coefficient (Wildman–Crippen LogP) is 3.70. The molecule has 0 amide bonds. The van der Waals surface area contributed by atoms with Crippen LogP contribution in [0.3, 0.4) is 0 Å². The van der Waals surface area contributed by atoms with Crippen LogP contribution in [-0.4, -0.2) is 63.5 Å². The maximum absolute atomic E-state index is 15.6. The number of imidazole rings is 1. The lowest BCUT2D eigenvalue weighted by atomic mass is 10.1. The molecule has 8 nitrogen and oxygen atoms in total. The van der Waals surface area contributed by atoms with E-state index in [1.54, 1.807) is 6.26 Å². The quantitative estimate of drug-likeness (QED) is 0.515. The van der Waals surface area contributed by atoms with Gasteiger partial charge >= 0.3 is 0 Å². The molecule has 0 radical (unpaired) electrons. The van der Waals surface area contributed by atoms with Crippen LogP contribution in [0.2, 0.25) is 18.1 Å². The van der Waals surface area contributed by atoms with Gasteiger partial charge in [0.2, 0.25) is 4.38 Å². The summed E-state index contributed by atoms with van der Waals surface area (Å²) < 4.78 is 35.4. The molecule has 2 aromatic heterocycles. The normalized spacial score (nSPS) is 25.0. The fourth-order valence-electron chi connectivity index (χ4n) is 2.92. The van der Waals surface area contributed by atoms with Crippen molar-refractivity contribution in [3.05, 3.63) is 12.7 Å². The third-order valence-corrected chi connectivity index (χ3v) is 11.3. The molecule has 4 atom stereocenters. The second kappa shape index (κ2) is 8.65. The second-order valence-corrected chi connectivity index (χ2v) is 14.9. The number of aromatic nitrogens is 4. The van der Waals surface area contributed by atoms with Crippen LogP contribution in [0, 0.1) is 0 Å². The first kappa shape index (κ1) is 23.3. The zero-order valence-electron chi connectivity index (χ0n) is 18.0. The first-order valence-electron chi connectivity index (χ1n) is 9.57. The topological polar surface area (TPSA) is 97.3 Å². The van der Waals surface area contributed by atoms with Gasteiger partial charge in [-0.25, -0.2) is 19.3 Å². The minimum atomic E-state index is -2.06. The molecule has 0 unspecified atom stereocenters. The zero-order chi connectivity index (χ0) is 22.3. The molecule has 2 N–H and O–H groups in total. The van der Waals surface area contributed by atoms with Gasteiger partial charge in [-0.15, -0.1) is 0 Å². The fraction of sp³-hybridized carbons (Fsp3) is 0.667. The van der Waals surface area contributed by atoms with Crippen molar-refractivity contribution in [3.8, 4) is 0 Å². The van der Waals surface area contributed by atoms with E-state index in [1.165, 1.54) is 29.0 Å². The maximum Gasteiger partial charge on any atom is 0.220 e. The number of nitrogens with zero attached hydrogens (tertiary/aromatic N) is 4. The summed E-state index contributed by atoms with van der Waals surface area (Å²) in [5, 5.41) is 0.0139. The lowest BCUT2D eigenvalue weighted by Gasteiger charge is -2.37. The van der Waals surface area contributed by atoms with Gasteiger partial charge in [-0.1, -0.05) is 32.5 Å². The van der Waals surface area contributed by atoms with Crippen LogP contribution in [0.1, 0.15) is 27.0 Å². The van der Waals surface area contributed by atoms with Crippen molar-refractivity contribution in [2.24, 2.45) is 0 Å². The molecule has 0 bridgehead atoms. The number of thiocarbonyl (C=S) groups is 1. The van der Waals surface area contributed by atoms with Crippen LogP contribution in [0.15, 0.2) is 12.7 Å². The van der Waals surface area contributed by atoms with Crippen molar-refractivity contribution in [2.45, 2.75) is 63.5 Å². The summed E-state index contributed by atoms with van der Waals surface area (Å²) in [6.07, 6.45) is 0.509. The molecule has 2 aromatic rings. The van der Waals surface area contributed by atoms with Crippen molar-refractivity contribution in [1.29, 1.82) is 0 Å².